The van der Waals surface area contributed by atoms with Crippen LogP contribution in [0.4, 0.5) is 0 Å². The summed E-state index contributed by atoms with van der Waals surface area (Å²) < 4.78 is 1.93. The number of aromatic nitrogens is 4. The molecule has 2 aromatic rings. The van der Waals surface area contributed by atoms with E-state index in [1.165, 1.54) is 0 Å². The van der Waals surface area contributed by atoms with Crippen LogP contribution in [0.3, 0.4) is 0 Å². The second-order valence-electron chi connectivity index (χ2n) is 5.18. The maximum atomic E-state index is 4.45. The lowest BCUT2D eigenvalue weighted by Gasteiger charge is -2.19. The molecule has 19 heavy (non-hydrogen) atoms. The van der Waals surface area contributed by atoms with E-state index in [1.54, 1.807) is 6.33 Å². The number of nitrogens with zero attached hydrogens (tertiary/aromatic N) is 4. The van der Waals surface area contributed by atoms with Gasteiger partial charge in [0.25, 0.3) is 0 Å². The Morgan fingerprint density at radius 1 is 1.32 bits per heavy atom. The predicted molar refractivity (Wildman–Crippen MR) is 74.3 cm³/mol. The highest BCUT2D eigenvalue weighted by molar-refractivity contribution is 5.09. The van der Waals surface area contributed by atoms with Gasteiger partial charge in [0.2, 0.25) is 0 Å². The maximum Gasteiger partial charge on any atom is 0.146 e. The molecular weight excluding hydrogens is 238 g/mol. The number of rotatable bonds is 6. The third-order valence-corrected chi connectivity index (χ3v) is 3.06. The smallest absolute Gasteiger partial charge is 0.146 e. The minimum Gasteiger partial charge on any atom is -0.320 e. The van der Waals surface area contributed by atoms with Crippen molar-refractivity contribution in [3.8, 4) is 0 Å². The van der Waals surface area contributed by atoms with Crippen LogP contribution in [0.25, 0.3) is 0 Å². The highest BCUT2D eigenvalue weighted by Crippen LogP contribution is 2.19. The quantitative estimate of drug-likeness (QED) is 0.863. The molecule has 0 spiro atoms. The second kappa shape index (κ2) is 6.43. The number of hydrogen-bond acceptors (Lipinski definition) is 4. The minimum absolute atomic E-state index is 0.248. The summed E-state index contributed by atoms with van der Waals surface area (Å²) in [4.78, 5) is 4.45. The van der Waals surface area contributed by atoms with Crippen LogP contribution in [0.2, 0.25) is 0 Å². The Morgan fingerprint density at radius 3 is 2.74 bits per heavy atom. The zero-order valence-corrected chi connectivity index (χ0v) is 11.7. The summed E-state index contributed by atoms with van der Waals surface area (Å²) in [5.41, 5.74) is 1.08. The van der Waals surface area contributed by atoms with Gasteiger partial charge in [0.15, 0.2) is 0 Å². The summed E-state index contributed by atoms with van der Waals surface area (Å²) in [6.07, 6.45) is 4.61. The molecule has 2 rings (SSSR count). The first kappa shape index (κ1) is 13.7. The van der Waals surface area contributed by atoms with Gasteiger partial charge in [-0.3, -0.25) is 4.98 Å². The molecule has 5 nitrogen and oxygen atoms in total. The summed E-state index contributed by atoms with van der Waals surface area (Å²) >= 11 is 0. The van der Waals surface area contributed by atoms with Crippen molar-refractivity contribution in [3.05, 3.63) is 42.2 Å². The monoisotopic (exact) mass is 259 g/mol. The normalized spacial score (nSPS) is 12.8. The largest absolute Gasteiger partial charge is 0.320 e. The summed E-state index contributed by atoms with van der Waals surface area (Å²) in [5.74, 6) is 1.55. The van der Waals surface area contributed by atoms with E-state index < -0.39 is 0 Å². The molecule has 0 aliphatic carbocycles. The first-order valence-electron chi connectivity index (χ1n) is 6.64. The molecule has 0 amide bonds. The molecular formula is C14H21N5. The van der Waals surface area contributed by atoms with Crippen molar-refractivity contribution in [2.75, 3.05) is 0 Å². The predicted octanol–water partition coefficient (Wildman–Crippen LogP) is 2.09. The van der Waals surface area contributed by atoms with Crippen molar-refractivity contribution in [1.29, 1.82) is 0 Å². The molecule has 0 aromatic carbocycles. The van der Waals surface area contributed by atoms with Crippen LogP contribution in [-0.2, 0) is 13.6 Å². The van der Waals surface area contributed by atoms with Crippen LogP contribution >= 0.6 is 0 Å². The van der Waals surface area contributed by atoms with Crippen LogP contribution in [-0.4, -0.2) is 19.7 Å². The third kappa shape index (κ3) is 3.86. The summed E-state index contributed by atoms with van der Waals surface area (Å²) in [6.45, 7) is 5.14. The standard InChI is InChI=1S/C14H21N5/c1-11(2)8-13(12-6-4-5-7-15-12)16-9-14-18-17-10-19(14)3/h4-7,10-11,13,16H,8-9H2,1-3H3/t13-/m0/s1. The van der Waals surface area contributed by atoms with Gasteiger partial charge in [-0.1, -0.05) is 19.9 Å². The van der Waals surface area contributed by atoms with Gasteiger partial charge in [-0.15, -0.1) is 10.2 Å². The summed E-state index contributed by atoms with van der Waals surface area (Å²) in [6, 6.07) is 6.28. The van der Waals surface area contributed by atoms with Gasteiger partial charge in [0, 0.05) is 13.2 Å². The average Bonchev–Trinajstić information content (AvgIpc) is 2.81. The minimum atomic E-state index is 0.248. The van der Waals surface area contributed by atoms with Crippen LogP contribution in [0.5, 0.6) is 0 Å². The molecule has 0 saturated carbocycles. The molecule has 0 radical (unpaired) electrons. The molecule has 1 atom stereocenters. The van der Waals surface area contributed by atoms with Gasteiger partial charge in [0.05, 0.1) is 18.3 Å². The van der Waals surface area contributed by atoms with Gasteiger partial charge < -0.3 is 9.88 Å². The van der Waals surface area contributed by atoms with Crippen molar-refractivity contribution in [1.82, 2.24) is 25.1 Å². The van der Waals surface area contributed by atoms with Crippen LogP contribution in [0, 0.1) is 5.92 Å². The Balaban J connectivity index is 2.04. The first-order chi connectivity index (χ1) is 9.16. The topological polar surface area (TPSA) is 55.6 Å². The molecule has 0 bridgehead atoms. The molecule has 5 heteroatoms. The van der Waals surface area contributed by atoms with E-state index in [1.807, 2.05) is 29.9 Å². The second-order valence-corrected chi connectivity index (χ2v) is 5.18. The number of nitrogens with one attached hydrogen (secondary N) is 1. The van der Waals surface area contributed by atoms with Gasteiger partial charge in [-0.25, -0.2) is 0 Å². The molecule has 0 unspecified atom stereocenters. The number of aryl methyl sites for hydroxylation is 1. The Hall–Kier alpha value is -1.75. The molecule has 0 saturated heterocycles. The lowest BCUT2D eigenvalue weighted by atomic mass is 10.0. The summed E-state index contributed by atoms with van der Waals surface area (Å²) in [7, 11) is 1.95. The van der Waals surface area contributed by atoms with Crippen LogP contribution < -0.4 is 5.32 Å². The molecule has 2 heterocycles. The van der Waals surface area contributed by atoms with Crippen molar-refractivity contribution in [2.45, 2.75) is 32.9 Å². The fraction of sp³-hybridized carbons (Fsp3) is 0.500. The summed E-state index contributed by atoms with van der Waals surface area (Å²) in [5, 5.41) is 11.5. The van der Waals surface area contributed by atoms with Crippen LogP contribution in [0.1, 0.15) is 37.8 Å². The van der Waals surface area contributed by atoms with E-state index >= 15 is 0 Å². The Morgan fingerprint density at radius 2 is 2.16 bits per heavy atom. The van der Waals surface area contributed by atoms with Crippen molar-refractivity contribution in [2.24, 2.45) is 13.0 Å². The zero-order valence-electron chi connectivity index (χ0n) is 11.7. The highest BCUT2D eigenvalue weighted by Gasteiger charge is 2.14. The van der Waals surface area contributed by atoms with Crippen molar-refractivity contribution >= 4 is 0 Å². The van der Waals surface area contributed by atoms with E-state index in [0.717, 1.165) is 17.9 Å². The van der Waals surface area contributed by atoms with E-state index in [0.29, 0.717) is 12.5 Å². The fourth-order valence-corrected chi connectivity index (χ4v) is 2.04. The fourth-order valence-electron chi connectivity index (χ4n) is 2.04. The SMILES string of the molecule is CC(C)C[C@H](NCc1nncn1C)c1ccccn1. The number of pyridine rings is 1. The van der Waals surface area contributed by atoms with E-state index in [-0.39, 0.29) is 6.04 Å². The lowest BCUT2D eigenvalue weighted by molar-refractivity contribution is 0.414. The molecule has 0 aliphatic heterocycles. The van der Waals surface area contributed by atoms with Gasteiger partial charge in [-0.2, -0.15) is 0 Å². The van der Waals surface area contributed by atoms with Crippen LogP contribution in [0.15, 0.2) is 30.7 Å². The molecule has 0 fully saturated rings. The lowest BCUT2D eigenvalue weighted by Crippen LogP contribution is -2.24. The van der Waals surface area contributed by atoms with Crippen molar-refractivity contribution in [3.63, 3.8) is 0 Å². The van der Waals surface area contributed by atoms with Crippen molar-refractivity contribution < 1.29 is 0 Å². The average molecular weight is 259 g/mol. The first-order valence-corrected chi connectivity index (χ1v) is 6.64. The Labute approximate surface area is 114 Å². The maximum absolute atomic E-state index is 4.45. The van der Waals surface area contributed by atoms with Gasteiger partial charge in [0.1, 0.15) is 12.2 Å². The number of hydrogen-bond donors (Lipinski definition) is 1. The van der Waals surface area contributed by atoms with E-state index in [9.17, 15) is 0 Å². The van der Waals surface area contributed by atoms with Gasteiger partial charge in [-0.05, 0) is 24.5 Å². The molecule has 0 aliphatic rings. The van der Waals surface area contributed by atoms with Gasteiger partial charge >= 0.3 is 0 Å². The zero-order chi connectivity index (χ0) is 13.7. The third-order valence-electron chi connectivity index (χ3n) is 3.06. The molecule has 1 N–H and O–H groups in total. The van der Waals surface area contributed by atoms with E-state index in [2.05, 4.69) is 40.4 Å². The van der Waals surface area contributed by atoms with E-state index in [4.69, 9.17) is 0 Å². The molecule has 2 aromatic heterocycles. The molecule has 102 valence electrons. The Kier molecular flexibility index (Phi) is 4.63. The highest BCUT2D eigenvalue weighted by atomic mass is 15.3. The Bertz CT molecular complexity index is 492.